The van der Waals surface area contributed by atoms with Crippen molar-refractivity contribution in [3.8, 4) is 0 Å². The first kappa shape index (κ1) is 14.2. The van der Waals surface area contributed by atoms with Crippen molar-refractivity contribution in [3.05, 3.63) is 17.0 Å². The highest BCUT2D eigenvalue weighted by molar-refractivity contribution is 5.21. The van der Waals surface area contributed by atoms with Crippen molar-refractivity contribution in [2.45, 2.75) is 59.0 Å². The van der Waals surface area contributed by atoms with Crippen molar-refractivity contribution in [2.24, 2.45) is 5.73 Å². The molecule has 98 valence electrons. The summed E-state index contributed by atoms with van der Waals surface area (Å²) in [6.07, 6.45) is 2.92. The summed E-state index contributed by atoms with van der Waals surface area (Å²) in [5, 5.41) is 13.6. The van der Waals surface area contributed by atoms with Gasteiger partial charge in [0.1, 0.15) is 0 Å². The lowest BCUT2D eigenvalue weighted by Crippen LogP contribution is -2.39. The Balaban J connectivity index is 2.39. The number of aliphatic hydroxyl groups excluding tert-OH is 1. The third-order valence-corrected chi connectivity index (χ3v) is 3.47. The van der Waals surface area contributed by atoms with E-state index < -0.39 is 5.54 Å². The summed E-state index contributed by atoms with van der Waals surface area (Å²) in [7, 11) is 0. The molecule has 0 aromatic carbocycles. The minimum absolute atomic E-state index is 0.0476. The number of aliphatic hydroxyl groups is 1. The lowest BCUT2D eigenvalue weighted by atomic mass is 9.97. The summed E-state index contributed by atoms with van der Waals surface area (Å²) in [6, 6.07) is 0. The molecule has 0 spiro atoms. The second kappa shape index (κ2) is 5.65. The number of nitrogens with two attached hydrogens (primary N) is 1. The zero-order chi connectivity index (χ0) is 13.1. The number of aromatic nitrogens is 2. The van der Waals surface area contributed by atoms with Crippen LogP contribution in [0.4, 0.5) is 0 Å². The van der Waals surface area contributed by atoms with E-state index >= 15 is 0 Å². The molecule has 1 heterocycles. The molecule has 4 heteroatoms. The van der Waals surface area contributed by atoms with Gasteiger partial charge in [0.15, 0.2) is 0 Å². The maximum atomic E-state index is 9.05. The lowest BCUT2D eigenvalue weighted by Gasteiger charge is -2.21. The number of nitrogens with zero attached hydrogens (tertiary/aromatic N) is 2. The highest BCUT2D eigenvalue weighted by Crippen LogP contribution is 2.14. The Kier molecular flexibility index (Phi) is 4.71. The molecule has 0 aliphatic rings. The highest BCUT2D eigenvalue weighted by atomic mass is 16.3. The molecule has 4 nitrogen and oxygen atoms in total. The molecule has 0 amide bonds. The molecule has 1 unspecified atom stereocenters. The van der Waals surface area contributed by atoms with Gasteiger partial charge < -0.3 is 10.8 Å². The summed E-state index contributed by atoms with van der Waals surface area (Å²) >= 11 is 0. The number of hydrogen-bond donors (Lipinski definition) is 2. The summed E-state index contributed by atoms with van der Waals surface area (Å²) in [5.41, 5.74) is 9.09. The van der Waals surface area contributed by atoms with Crippen LogP contribution in [0.1, 0.15) is 43.1 Å². The second-order valence-corrected chi connectivity index (χ2v) is 5.29. The van der Waals surface area contributed by atoms with E-state index in [4.69, 9.17) is 10.8 Å². The van der Waals surface area contributed by atoms with E-state index in [1.807, 2.05) is 13.8 Å². The van der Waals surface area contributed by atoms with Gasteiger partial charge in [-0.3, -0.25) is 4.68 Å². The molecule has 17 heavy (non-hydrogen) atoms. The predicted octanol–water partition coefficient (Wildman–Crippen LogP) is 1.69. The fourth-order valence-electron chi connectivity index (χ4n) is 1.87. The van der Waals surface area contributed by atoms with Gasteiger partial charge in [0.2, 0.25) is 0 Å². The standard InChI is InChI=1S/C13H25N3O/c1-10-11(2)15-16(12(10)3)8-6-5-7-13(4,14)9-17/h17H,5-9,14H2,1-4H3. The Bertz CT molecular complexity index is 369. The van der Waals surface area contributed by atoms with Gasteiger partial charge in [-0.1, -0.05) is 0 Å². The Hall–Kier alpha value is -0.870. The monoisotopic (exact) mass is 239 g/mol. The minimum Gasteiger partial charge on any atom is -0.394 e. The van der Waals surface area contributed by atoms with Crippen LogP contribution in [0.25, 0.3) is 0 Å². The first-order chi connectivity index (χ1) is 7.87. The molecular weight excluding hydrogens is 214 g/mol. The van der Waals surface area contributed by atoms with E-state index in [1.54, 1.807) is 0 Å². The molecule has 0 bridgehead atoms. The fourth-order valence-corrected chi connectivity index (χ4v) is 1.87. The van der Waals surface area contributed by atoms with Gasteiger partial charge in [0.05, 0.1) is 12.3 Å². The van der Waals surface area contributed by atoms with Gasteiger partial charge in [0.25, 0.3) is 0 Å². The van der Waals surface area contributed by atoms with Crippen molar-refractivity contribution < 1.29 is 5.11 Å². The van der Waals surface area contributed by atoms with Crippen molar-refractivity contribution in [1.82, 2.24) is 9.78 Å². The summed E-state index contributed by atoms with van der Waals surface area (Å²) in [5.74, 6) is 0. The van der Waals surface area contributed by atoms with Crippen LogP contribution in [-0.2, 0) is 6.54 Å². The maximum Gasteiger partial charge on any atom is 0.0625 e. The van der Waals surface area contributed by atoms with Crippen LogP contribution >= 0.6 is 0 Å². The molecule has 0 aliphatic carbocycles. The Labute approximate surface area is 104 Å². The minimum atomic E-state index is -0.439. The van der Waals surface area contributed by atoms with Crippen LogP contribution in [0.5, 0.6) is 0 Å². The molecule has 0 aliphatic heterocycles. The Morgan fingerprint density at radius 2 is 1.94 bits per heavy atom. The second-order valence-electron chi connectivity index (χ2n) is 5.29. The average molecular weight is 239 g/mol. The zero-order valence-corrected chi connectivity index (χ0v) is 11.5. The largest absolute Gasteiger partial charge is 0.394 e. The molecule has 0 fully saturated rings. The molecule has 1 aromatic rings. The van der Waals surface area contributed by atoms with Crippen molar-refractivity contribution in [3.63, 3.8) is 0 Å². The molecule has 0 radical (unpaired) electrons. The third kappa shape index (κ3) is 3.82. The smallest absolute Gasteiger partial charge is 0.0625 e. The van der Waals surface area contributed by atoms with Gasteiger partial charge in [-0.15, -0.1) is 0 Å². The first-order valence-electron chi connectivity index (χ1n) is 6.28. The Morgan fingerprint density at radius 3 is 2.41 bits per heavy atom. The fraction of sp³-hybridized carbons (Fsp3) is 0.769. The molecule has 0 saturated carbocycles. The summed E-state index contributed by atoms with van der Waals surface area (Å²) in [4.78, 5) is 0. The van der Waals surface area contributed by atoms with E-state index in [9.17, 15) is 0 Å². The maximum absolute atomic E-state index is 9.05. The summed E-state index contributed by atoms with van der Waals surface area (Å²) in [6.45, 7) is 9.13. The number of aryl methyl sites for hydroxylation is 2. The van der Waals surface area contributed by atoms with Crippen LogP contribution < -0.4 is 5.73 Å². The van der Waals surface area contributed by atoms with E-state index in [2.05, 4.69) is 23.6 Å². The van der Waals surface area contributed by atoms with Crippen LogP contribution in [0.2, 0.25) is 0 Å². The van der Waals surface area contributed by atoms with Gasteiger partial charge in [-0.25, -0.2) is 0 Å². The molecule has 1 rings (SSSR count). The van der Waals surface area contributed by atoms with Crippen molar-refractivity contribution in [2.75, 3.05) is 6.61 Å². The van der Waals surface area contributed by atoms with E-state index in [0.717, 1.165) is 31.5 Å². The van der Waals surface area contributed by atoms with Crippen LogP contribution in [0.3, 0.4) is 0 Å². The molecule has 1 aromatic heterocycles. The highest BCUT2D eigenvalue weighted by Gasteiger charge is 2.16. The lowest BCUT2D eigenvalue weighted by molar-refractivity contribution is 0.197. The first-order valence-corrected chi connectivity index (χ1v) is 6.28. The summed E-state index contributed by atoms with van der Waals surface area (Å²) < 4.78 is 2.07. The Morgan fingerprint density at radius 1 is 1.29 bits per heavy atom. The van der Waals surface area contributed by atoms with Crippen LogP contribution in [0.15, 0.2) is 0 Å². The van der Waals surface area contributed by atoms with Crippen LogP contribution in [0, 0.1) is 20.8 Å². The molecule has 0 saturated heterocycles. The van der Waals surface area contributed by atoms with Crippen molar-refractivity contribution in [1.29, 1.82) is 0 Å². The van der Waals surface area contributed by atoms with Gasteiger partial charge in [-0.05, 0) is 52.5 Å². The number of hydrogen-bond acceptors (Lipinski definition) is 3. The van der Waals surface area contributed by atoms with Gasteiger partial charge in [-0.2, -0.15) is 5.10 Å². The SMILES string of the molecule is Cc1nn(CCCCC(C)(N)CO)c(C)c1C. The van der Waals surface area contributed by atoms with Crippen LogP contribution in [-0.4, -0.2) is 27.0 Å². The predicted molar refractivity (Wildman–Crippen MR) is 70.0 cm³/mol. The normalized spacial score (nSPS) is 14.9. The molecule has 3 N–H and O–H groups in total. The molecular formula is C13H25N3O. The quantitative estimate of drug-likeness (QED) is 0.742. The van der Waals surface area contributed by atoms with Crippen molar-refractivity contribution >= 4 is 0 Å². The number of rotatable bonds is 6. The molecule has 1 atom stereocenters. The van der Waals surface area contributed by atoms with E-state index in [1.165, 1.54) is 11.3 Å². The number of unbranched alkanes of at least 4 members (excludes halogenated alkanes) is 1. The van der Waals surface area contributed by atoms with Gasteiger partial charge in [0, 0.05) is 17.8 Å². The third-order valence-electron chi connectivity index (χ3n) is 3.47. The van der Waals surface area contributed by atoms with E-state index in [-0.39, 0.29) is 6.61 Å². The van der Waals surface area contributed by atoms with E-state index in [0.29, 0.717) is 0 Å². The van der Waals surface area contributed by atoms with Gasteiger partial charge >= 0.3 is 0 Å². The topological polar surface area (TPSA) is 64.1 Å². The average Bonchev–Trinajstić information content (AvgIpc) is 2.52. The zero-order valence-electron chi connectivity index (χ0n) is 11.5.